The number of furan rings is 1. The predicted molar refractivity (Wildman–Crippen MR) is 75.5 cm³/mol. The molecule has 2 aromatic heterocycles. The minimum Gasteiger partial charge on any atom is -0.504 e. The number of ketones is 1. The monoisotopic (exact) mass is 281 g/mol. The fraction of sp³-hybridized carbons (Fsp3) is 0. The highest BCUT2D eigenvalue weighted by atomic mass is 16.3. The van der Waals surface area contributed by atoms with Gasteiger partial charge < -0.3 is 9.52 Å². The molecule has 3 aromatic rings. The first-order valence-corrected chi connectivity index (χ1v) is 6.18. The lowest BCUT2D eigenvalue weighted by Crippen LogP contribution is -1.98. The van der Waals surface area contributed by atoms with Gasteiger partial charge in [-0.2, -0.15) is 5.10 Å². The summed E-state index contributed by atoms with van der Waals surface area (Å²) in [6, 6.07) is 9.39. The summed E-state index contributed by atoms with van der Waals surface area (Å²) in [5.74, 6) is -0.625. The van der Waals surface area contributed by atoms with Crippen LogP contribution in [0, 0.1) is 0 Å². The van der Waals surface area contributed by atoms with Gasteiger partial charge >= 0.3 is 0 Å². The topological polar surface area (TPSA) is 92.0 Å². The second-order valence-corrected chi connectivity index (χ2v) is 4.28. The van der Waals surface area contributed by atoms with Gasteiger partial charge in [-0.25, -0.2) is 4.98 Å². The maximum atomic E-state index is 12.2. The van der Waals surface area contributed by atoms with Crippen molar-refractivity contribution in [1.29, 1.82) is 0 Å². The molecular formula is C15H11N3O3. The average Bonchev–Trinajstić information content (AvgIpc) is 3.19. The van der Waals surface area contributed by atoms with Crippen molar-refractivity contribution in [1.82, 2.24) is 15.2 Å². The molecule has 0 aliphatic carbocycles. The minimum absolute atomic E-state index is 0.0631. The Labute approximate surface area is 119 Å². The lowest BCUT2D eigenvalue weighted by molar-refractivity contribution is 0.104. The summed E-state index contributed by atoms with van der Waals surface area (Å²) in [7, 11) is 0. The van der Waals surface area contributed by atoms with Crippen molar-refractivity contribution in [2.45, 2.75) is 0 Å². The van der Waals surface area contributed by atoms with E-state index in [9.17, 15) is 9.90 Å². The molecule has 6 nitrogen and oxygen atoms in total. The number of aromatic nitrogens is 3. The number of rotatable bonds is 4. The van der Waals surface area contributed by atoms with Crippen LogP contribution in [0.5, 0.6) is 0 Å². The van der Waals surface area contributed by atoms with Gasteiger partial charge in [-0.15, -0.1) is 0 Å². The van der Waals surface area contributed by atoms with Crippen molar-refractivity contribution in [2.75, 3.05) is 0 Å². The van der Waals surface area contributed by atoms with Crippen LogP contribution in [-0.2, 0) is 0 Å². The number of aromatic amines is 1. The fourth-order valence-corrected chi connectivity index (χ4v) is 1.93. The number of hydrogen-bond donors (Lipinski definition) is 2. The van der Waals surface area contributed by atoms with Gasteiger partial charge in [-0.05, 0) is 5.56 Å². The molecule has 0 aliphatic heterocycles. The maximum absolute atomic E-state index is 12.2. The summed E-state index contributed by atoms with van der Waals surface area (Å²) in [5.41, 5.74) is 1.89. The first kappa shape index (κ1) is 12.9. The van der Waals surface area contributed by atoms with E-state index in [1.54, 1.807) is 0 Å². The van der Waals surface area contributed by atoms with Gasteiger partial charge in [-0.1, -0.05) is 30.3 Å². The molecule has 21 heavy (non-hydrogen) atoms. The number of allylic oxidation sites excluding steroid dienone is 1. The van der Waals surface area contributed by atoms with Gasteiger partial charge in [0.2, 0.25) is 5.82 Å². The molecule has 3 rings (SSSR count). The van der Waals surface area contributed by atoms with Gasteiger partial charge in [0.25, 0.3) is 0 Å². The average molecular weight is 281 g/mol. The van der Waals surface area contributed by atoms with E-state index < -0.39 is 0 Å². The molecule has 0 radical (unpaired) electrons. The number of benzene rings is 1. The Hall–Kier alpha value is -3.15. The third-order valence-electron chi connectivity index (χ3n) is 2.92. The lowest BCUT2D eigenvalue weighted by atomic mass is 10.0. The molecule has 0 aliphatic rings. The Morgan fingerprint density at radius 1 is 1.24 bits per heavy atom. The zero-order valence-electron chi connectivity index (χ0n) is 10.9. The van der Waals surface area contributed by atoms with Gasteiger partial charge in [0, 0.05) is 11.6 Å². The zero-order chi connectivity index (χ0) is 14.7. The zero-order valence-corrected chi connectivity index (χ0v) is 10.9. The summed E-state index contributed by atoms with van der Waals surface area (Å²) < 4.78 is 5.12. The van der Waals surface area contributed by atoms with E-state index in [2.05, 4.69) is 15.2 Å². The highest BCUT2D eigenvalue weighted by Gasteiger charge is 2.15. The van der Waals surface area contributed by atoms with E-state index >= 15 is 0 Å². The first-order valence-electron chi connectivity index (χ1n) is 6.18. The second-order valence-electron chi connectivity index (χ2n) is 4.28. The Morgan fingerprint density at radius 2 is 2.05 bits per heavy atom. The normalized spacial score (nSPS) is 11.5. The fourth-order valence-electron chi connectivity index (χ4n) is 1.93. The largest absolute Gasteiger partial charge is 0.504 e. The molecular weight excluding hydrogens is 270 g/mol. The highest BCUT2D eigenvalue weighted by Crippen LogP contribution is 2.25. The van der Waals surface area contributed by atoms with Crippen LogP contribution in [0.2, 0.25) is 0 Å². The molecule has 0 atom stereocenters. The number of carbonyl (C=O) groups excluding carboxylic acids is 1. The highest BCUT2D eigenvalue weighted by molar-refractivity contribution is 6.11. The smallest absolute Gasteiger partial charge is 0.215 e. The number of nitrogens with one attached hydrogen (secondary N) is 1. The van der Waals surface area contributed by atoms with Gasteiger partial charge in [0.15, 0.2) is 11.5 Å². The van der Waals surface area contributed by atoms with Crippen LogP contribution in [0.1, 0.15) is 16.2 Å². The van der Waals surface area contributed by atoms with Crippen molar-refractivity contribution in [3.05, 3.63) is 66.6 Å². The van der Waals surface area contributed by atoms with Crippen LogP contribution in [-0.4, -0.2) is 26.1 Å². The van der Waals surface area contributed by atoms with Gasteiger partial charge in [0.1, 0.15) is 12.6 Å². The second kappa shape index (κ2) is 5.46. The van der Waals surface area contributed by atoms with E-state index in [-0.39, 0.29) is 17.4 Å². The lowest BCUT2D eigenvalue weighted by Gasteiger charge is -2.00. The van der Waals surface area contributed by atoms with Crippen molar-refractivity contribution in [2.24, 2.45) is 0 Å². The Balaban J connectivity index is 1.94. The first-order chi connectivity index (χ1) is 10.3. The summed E-state index contributed by atoms with van der Waals surface area (Å²) in [6.07, 6.45) is 5.24. The Kier molecular flexibility index (Phi) is 3.34. The summed E-state index contributed by atoms with van der Waals surface area (Å²) in [6.45, 7) is 0. The summed E-state index contributed by atoms with van der Waals surface area (Å²) in [4.78, 5) is 16.0. The van der Waals surface area contributed by atoms with Crippen LogP contribution in [0.15, 0.2) is 59.7 Å². The number of hydrogen-bond acceptors (Lipinski definition) is 5. The third kappa shape index (κ3) is 2.59. The Morgan fingerprint density at radius 3 is 2.76 bits per heavy atom. The molecule has 0 bridgehead atoms. The maximum Gasteiger partial charge on any atom is 0.215 e. The number of carbonyl (C=O) groups is 1. The number of aliphatic hydroxyl groups is 1. The van der Waals surface area contributed by atoms with E-state index in [0.29, 0.717) is 11.1 Å². The molecule has 1 aromatic carbocycles. The van der Waals surface area contributed by atoms with Crippen LogP contribution in [0.3, 0.4) is 0 Å². The van der Waals surface area contributed by atoms with Crippen molar-refractivity contribution < 1.29 is 14.3 Å². The molecule has 0 fully saturated rings. The molecule has 0 spiro atoms. The number of nitrogens with zero attached hydrogens (tertiary/aromatic N) is 2. The minimum atomic E-state index is -0.384. The molecule has 0 amide bonds. The molecule has 2 N–H and O–H groups in total. The van der Waals surface area contributed by atoms with E-state index in [0.717, 1.165) is 11.6 Å². The third-order valence-corrected chi connectivity index (χ3v) is 2.92. The summed E-state index contributed by atoms with van der Waals surface area (Å²) in [5, 5.41) is 16.0. The predicted octanol–water partition coefficient (Wildman–Crippen LogP) is 2.85. The van der Waals surface area contributed by atoms with Crippen LogP contribution in [0.25, 0.3) is 16.9 Å². The van der Waals surface area contributed by atoms with E-state index in [4.69, 9.17) is 4.42 Å². The standard InChI is InChI=1S/C15H11N3O3/c19-13(6-14(20)15-16-9-17-18-15)12-8-21-7-11(12)10-4-2-1-3-5-10/h1-9,20H,(H,16,17,18). The molecule has 2 heterocycles. The quantitative estimate of drug-likeness (QED) is 0.436. The molecule has 6 heteroatoms. The van der Waals surface area contributed by atoms with Crippen molar-refractivity contribution >= 4 is 11.5 Å². The van der Waals surface area contributed by atoms with Gasteiger partial charge in [-0.3, -0.25) is 9.89 Å². The van der Waals surface area contributed by atoms with Crippen molar-refractivity contribution in [3.63, 3.8) is 0 Å². The van der Waals surface area contributed by atoms with Crippen LogP contribution >= 0.6 is 0 Å². The molecule has 0 unspecified atom stereocenters. The Bertz CT molecular complexity index is 774. The van der Waals surface area contributed by atoms with Crippen molar-refractivity contribution in [3.8, 4) is 11.1 Å². The SMILES string of the molecule is O=C(C=C(O)c1nc[nH]n1)c1cocc1-c1ccccc1. The molecule has 0 saturated heterocycles. The van der Waals surface area contributed by atoms with E-state index in [1.165, 1.54) is 18.9 Å². The number of H-pyrrole nitrogens is 1. The van der Waals surface area contributed by atoms with Crippen LogP contribution in [0.4, 0.5) is 0 Å². The number of aliphatic hydroxyl groups excluding tert-OH is 1. The molecule has 0 saturated carbocycles. The summed E-state index contributed by atoms with van der Waals surface area (Å²) >= 11 is 0. The van der Waals surface area contributed by atoms with Gasteiger partial charge in [0.05, 0.1) is 11.8 Å². The van der Waals surface area contributed by atoms with E-state index in [1.807, 2.05) is 30.3 Å². The molecule has 104 valence electrons. The van der Waals surface area contributed by atoms with Crippen LogP contribution < -0.4 is 0 Å².